The number of carbonyl (C=O) groups excluding carboxylic acids is 3. The van der Waals surface area contributed by atoms with E-state index in [2.05, 4.69) is 5.32 Å². The van der Waals surface area contributed by atoms with E-state index in [1.54, 1.807) is 42.5 Å². The van der Waals surface area contributed by atoms with Gasteiger partial charge in [-0.3, -0.25) is 19.3 Å². The molecule has 4 rings (SSSR count). The summed E-state index contributed by atoms with van der Waals surface area (Å²) >= 11 is 0. The molecular weight excluding hydrogens is 416 g/mol. The summed E-state index contributed by atoms with van der Waals surface area (Å²) in [5.41, 5.74) is 1.57. The van der Waals surface area contributed by atoms with E-state index in [1.165, 1.54) is 11.0 Å². The second-order valence-corrected chi connectivity index (χ2v) is 10.2. The molecule has 8 heteroatoms. The van der Waals surface area contributed by atoms with Crippen molar-refractivity contribution < 1.29 is 22.8 Å². The molecule has 1 heterocycles. The van der Waals surface area contributed by atoms with Crippen molar-refractivity contribution in [3.8, 4) is 0 Å². The molecule has 2 aromatic carbocycles. The maximum Gasteiger partial charge on any atom is 0.255 e. The molecule has 2 aliphatic rings. The van der Waals surface area contributed by atoms with Gasteiger partial charge in [-0.05, 0) is 48.7 Å². The van der Waals surface area contributed by atoms with Crippen molar-refractivity contribution >= 4 is 33.2 Å². The summed E-state index contributed by atoms with van der Waals surface area (Å²) in [6, 6.07) is 13.0. The molecule has 2 fully saturated rings. The van der Waals surface area contributed by atoms with Gasteiger partial charge in [0.2, 0.25) is 11.8 Å². The number of rotatable bonds is 6. The van der Waals surface area contributed by atoms with Crippen LogP contribution in [-0.2, 0) is 26.0 Å². The number of hydrogen-bond donors (Lipinski definition) is 1. The molecule has 31 heavy (non-hydrogen) atoms. The molecule has 1 saturated carbocycles. The van der Waals surface area contributed by atoms with Crippen molar-refractivity contribution in [2.24, 2.45) is 0 Å². The number of nitrogens with zero attached hydrogens (tertiary/aromatic N) is 1. The lowest BCUT2D eigenvalue weighted by atomic mass is 10.1. The third-order valence-electron chi connectivity index (χ3n) is 5.87. The summed E-state index contributed by atoms with van der Waals surface area (Å²) in [5, 5.41) is 2.40. The Balaban J connectivity index is 1.44. The van der Waals surface area contributed by atoms with Gasteiger partial charge in [-0.25, -0.2) is 8.42 Å². The van der Waals surface area contributed by atoms with E-state index in [9.17, 15) is 22.8 Å². The van der Waals surface area contributed by atoms with Crippen molar-refractivity contribution in [2.75, 3.05) is 5.32 Å². The van der Waals surface area contributed by atoms with Gasteiger partial charge in [0.15, 0.2) is 9.84 Å². The van der Waals surface area contributed by atoms with Gasteiger partial charge in [-0.2, -0.15) is 0 Å². The summed E-state index contributed by atoms with van der Waals surface area (Å²) in [6.45, 7) is 0.195. The van der Waals surface area contributed by atoms with Gasteiger partial charge in [0.25, 0.3) is 5.91 Å². The Morgan fingerprint density at radius 3 is 2.26 bits per heavy atom. The Labute approximate surface area is 181 Å². The fourth-order valence-electron chi connectivity index (χ4n) is 4.09. The Hall–Kier alpha value is -3.00. The molecule has 1 aliphatic carbocycles. The largest absolute Gasteiger partial charge is 0.322 e. The van der Waals surface area contributed by atoms with E-state index in [4.69, 9.17) is 0 Å². The zero-order chi connectivity index (χ0) is 22.0. The van der Waals surface area contributed by atoms with Gasteiger partial charge in [-0.15, -0.1) is 0 Å². The van der Waals surface area contributed by atoms with Crippen LogP contribution in [-0.4, -0.2) is 36.3 Å². The maximum atomic E-state index is 12.8. The molecule has 0 radical (unpaired) electrons. The number of carbonyl (C=O) groups is 3. The molecule has 0 atom stereocenters. The van der Waals surface area contributed by atoms with Gasteiger partial charge < -0.3 is 5.32 Å². The zero-order valence-electron chi connectivity index (χ0n) is 17.0. The Morgan fingerprint density at radius 1 is 0.968 bits per heavy atom. The number of sulfone groups is 1. The van der Waals surface area contributed by atoms with Crippen LogP contribution in [0, 0.1) is 0 Å². The summed E-state index contributed by atoms with van der Waals surface area (Å²) in [7, 11) is -3.40. The summed E-state index contributed by atoms with van der Waals surface area (Å²) in [5.74, 6) is -0.728. The lowest BCUT2D eigenvalue weighted by Crippen LogP contribution is -2.28. The van der Waals surface area contributed by atoms with E-state index >= 15 is 0 Å². The van der Waals surface area contributed by atoms with Crippen molar-refractivity contribution in [3.63, 3.8) is 0 Å². The lowest BCUT2D eigenvalue weighted by Gasteiger charge is -2.14. The Kier molecular flexibility index (Phi) is 5.91. The second kappa shape index (κ2) is 8.63. The highest BCUT2D eigenvalue weighted by atomic mass is 32.2. The molecule has 0 aromatic heterocycles. The van der Waals surface area contributed by atoms with Crippen molar-refractivity contribution in [1.29, 1.82) is 0 Å². The van der Waals surface area contributed by atoms with Gasteiger partial charge >= 0.3 is 0 Å². The van der Waals surface area contributed by atoms with Crippen LogP contribution in [0.4, 0.5) is 5.69 Å². The van der Waals surface area contributed by atoms with Crippen LogP contribution in [0.1, 0.15) is 54.4 Å². The van der Waals surface area contributed by atoms with Gasteiger partial charge in [0, 0.05) is 24.1 Å². The Bertz CT molecular complexity index is 1100. The minimum Gasteiger partial charge on any atom is -0.322 e. The monoisotopic (exact) mass is 440 g/mol. The molecular formula is C23H24N2O5S. The molecule has 0 spiro atoms. The van der Waals surface area contributed by atoms with Crippen LogP contribution >= 0.6 is 0 Å². The van der Waals surface area contributed by atoms with Crippen molar-refractivity contribution in [1.82, 2.24) is 4.90 Å². The average molecular weight is 441 g/mol. The quantitative estimate of drug-likeness (QED) is 0.695. The van der Waals surface area contributed by atoms with Gasteiger partial charge in [-0.1, -0.05) is 31.0 Å². The average Bonchev–Trinajstić information content (AvgIpc) is 3.41. The van der Waals surface area contributed by atoms with Crippen molar-refractivity contribution in [2.45, 2.75) is 55.2 Å². The van der Waals surface area contributed by atoms with E-state index in [-0.39, 0.29) is 47.3 Å². The van der Waals surface area contributed by atoms with Crippen LogP contribution in [0.3, 0.4) is 0 Å². The first-order valence-corrected chi connectivity index (χ1v) is 12.0. The molecule has 0 bridgehead atoms. The van der Waals surface area contributed by atoms with E-state index < -0.39 is 9.84 Å². The fourth-order valence-corrected chi connectivity index (χ4v) is 5.99. The smallest absolute Gasteiger partial charge is 0.255 e. The highest BCUT2D eigenvalue weighted by Gasteiger charge is 2.30. The number of nitrogens with one attached hydrogen (secondary N) is 1. The number of amides is 3. The highest BCUT2D eigenvalue weighted by molar-refractivity contribution is 7.92. The zero-order valence-corrected chi connectivity index (χ0v) is 17.9. The number of imide groups is 1. The SMILES string of the molecule is O=C(Nc1cccc(S(=O)(=O)C2CCCC2)c1)c1ccc(CN2C(=O)CCC2=O)cc1. The van der Waals surface area contributed by atoms with Crippen LogP contribution in [0.15, 0.2) is 53.4 Å². The molecule has 1 N–H and O–H groups in total. The van der Waals surface area contributed by atoms with E-state index in [0.717, 1.165) is 18.4 Å². The number of hydrogen-bond acceptors (Lipinski definition) is 5. The predicted octanol–water partition coefficient (Wildman–Crippen LogP) is 3.30. The lowest BCUT2D eigenvalue weighted by molar-refractivity contribution is -0.139. The highest BCUT2D eigenvalue weighted by Crippen LogP contribution is 2.30. The number of benzene rings is 2. The minimum atomic E-state index is -3.40. The molecule has 0 unspecified atom stereocenters. The summed E-state index contributed by atoms with van der Waals surface area (Å²) in [4.78, 5) is 37.6. The topological polar surface area (TPSA) is 101 Å². The molecule has 7 nitrogen and oxygen atoms in total. The third-order valence-corrected chi connectivity index (χ3v) is 8.13. The first-order valence-electron chi connectivity index (χ1n) is 10.4. The predicted molar refractivity (Wildman–Crippen MR) is 115 cm³/mol. The second-order valence-electron chi connectivity index (χ2n) is 8.00. The standard InChI is InChI=1S/C23H24N2O5S/c26-21-12-13-22(27)25(21)15-16-8-10-17(11-9-16)23(28)24-18-4-3-7-20(14-18)31(29,30)19-5-1-2-6-19/h3-4,7-11,14,19H,1-2,5-6,12-13,15H2,(H,24,28). The van der Waals surface area contributed by atoms with Crippen LogP contribution in [0.25, 0.3) is 0 Å². The van der Waals surface area contributed by atoms with Gasteiger partial charge in [0.05, 0.1) is 16.7 Å². The normalized spacial score (nSPS) is 17.4. The minimum absolute atomic E-state index is 0.181. The molecule has 2 aromatic rings. The van der Waals surface area contributed by atoms with Crippen molar-refractivity contribution in [3.05, 3.63) is 59.7 Å². The molecule has 162 valence electrons. The molecule has 1 saturated heterocycles. The molecule has 1 aliphatic heterocycles. The van der Waals surface area contributed by atoms with Crippen LogP contribution < -0.4 is 5.32 Å². The fraction of sp³-hybridized carbons (Fsp3) is 0.348. The number of likely N-dealkylation sites (tertiary alicyclic amines) is 1. The molecule has 3 amide bonds. The van der Waals surface area contributed by atoms with Crippen LogP contribution in [0.5, 0.6) is 0 Å². The maximum absolute atomic E-state index is 12.8. The van der Waals surface area contributed by atoms with Crippen LogP contribution in [0.2, 0.25) is 0 Å². The third kappa shape index (κ3) is 4.54. The van der Waals surface area contributed by atoms with E-state index in [1.807, 2.05) is 0 Å². The number of anilines is 1. The van der Waals surface area contributed by atoms with Gasteiger partial charge in [0.1, 0.15) is 0 Å². The first kappa shape index (κ1) is 21.2. The Morgan fingerprint density at radius 2 is 1.61 bits per heavy atom. The summed E-state index contributed by atoms with van der Waals surface area (Å²) < 4.78 is 25.6. The summed E-state index contributed by atoms with van der Waals surface area (Å²) in [6.07, 6.45) is 3.70. The first-order chi connectivity index (χ1) is 14.8. The van der Waals surface area contributed by atoms with E-state index in [0.29, 0.717) is 24.1 Å².